The number of benzene rings is 1. The Bertz CT molecular complexity index is 350. The van der Waals surface area contributed by atoms with Crippen LogP contribution in [-0.2, 0) is 0 Å². The summed E-state index contributed by atoms with van der Waals surface area (Å²) in [5.74, 6) is -0.758. The van der Waals surface area contributed by atoms with Crippen LogP contribution in [0.2, 0.25) is 10.0 Å². The summed E-state index contributed by atoms with van der Waals surface area (Å²) in [6, 6.07) is 2.30. The van der Waals surface area contributed by atoms with E-state index in [2.05, 4.69) is 0 Å². The van der Waals surface area contributed by atoms with Crippen LogP contribution in [-0.4, -0.2) is 5.78 Å². The summed E-state index contributed by atoms with van der Waals surface area (Å²) >= 11 is 11.2. The van der Waals surface area contributed by atoms with E-state index >= 15 is 0 Å². The molecule has 0 heterocycles. The molecule has 4 heteroatoms. The summed E-state index contributed by atoms with van der Waals surface area (Å²) in [5, 5.41) is 0.0231. The van der Waals surface area contributed by atoms with E-state index in [-0.39, 0.29) is 21.4 Å². The minimum atomic E-state index is -0.612. The summed E-state index contributed by atoms with van der Waals surface area (Å²) in [6.07, 6.45) is 0.321. The van der Waals surface area contributed by atoms with Crippen molar-refractivity contribution in [2.45, 2.75) is 13.3 Å². The van der Waals surface area contributed by atoms with Crippen molar-refractivity contribution in [1.82, 2.24) is 0 Å². The highest BCUT2D eigenvalue weighted by molar-refractivity contribution is 6.36. The van der Waals surface area contributed by atoms with Crippen LogP contribution < -0.4 is 0 Å². The minimum Gasteiger partial charge on any atom is -0.294 e. The van der Waals surface area contributed by atoms with Crippen LogP contribution in [0.25, 0.3) is 0 Å². The first-order valence-electron chi connectivity index (χ1n) is 3.74. The number of halogens is 3. The summed E-state index contributed by atoms with van der Waals surface area (Å²) < 4.78 is 12.8. The van der Waals surface area contributed by atoms with Crippen molar-refractivity contribution in [3.63, 3.8) is 0 Å². The molecule has 0 aliphatic carbocycles. The molecule has 0 aromatic heterocycles. The first kappa shape index (κ1) is 10.5. The van der Waals surface area contributed by atoms with Crippen LogP contribution in [0, 0.1) is 5.82 Å². The molecule has 0 bridgehead atoms. The van der Waals surface area contributed by atoms with Crippen molar-refractivity contribution in [1.29, 1.82) is 0 Å². The lowest BCUT2D eigenvalue weighted by Crippen LogP contribution is -1.98. The quantitative estimate of drug-likeness (QED) is 0.549. The molecule has 0 N–H and O–H groups in total. The van der Waals surface area contributed by atoms with E-state index < -0.39 is 5.82 Å². The third-order valence-electron chi connectivity index (χ3n) is 1.63. The van der Waals surface area contributed by atoms with Gasteiger partial charge in [-0.3, -0.25) is 4.79 Å². The number of carbonyl (C=O) groups is 1. The number of hydrogen-bond donors (Lipinski definition) is 0. The van der Waals surface area contributed by atoms with Gasteiger partial charge < -0.3 is 0 Å². The molecule has 0 spiro atoms. The molecule has 1 nitrogen and oxygen atoms in total. The zero-order valence-electron chi connectivity index (χ0n) is 6.90. The summed E-state index contributed by atoms with van der Waals surface area (Å²) in [5.41, 5.74) is 0.274. The van der Waals surface area contributed by atoms with Gasteiger partial charge in [-0.2, -0.15) is 0 Å². The standard InChI is InChI=1S/C9H7Cl2FO/c1-2-9(13)5-3-7(11)8(12)4-6(5)10/h3-4H,2H2,1H3. The predicted molar refractivity (Wildman–Crippen MR) is 51.0 cm³/mol. The van der Waals surface area contributed by atoms with Gasteiger partial charge >= 0.3 is 0 Å². The van der Waals surface area contributed by atoms with Crippen LogP contribution in [0.4, 0.5) is 4.39 Å². The molecule has 0 aliphatic rings. The first-order chi connectivity index (χ1) is 6.06. The third-order valence-corrected chi connectivity index (χ3v) is 2.23. The molecule has 0 fully saturated rings. The van der Waals surface area contributed by atoms with E-state index in [0.717, 1.165) is 6.07 Å². The Kier molecular flexibility index (Phi) is 3.28. The van der Waals surface area contributed by atoms with Crippen LogP contribution in [0.1, 0.15) is 23.7 Å². The van der Waals surface area contributed by atoms with Crippen molar-refractivity contribution in [2.24, 2.45) is 0 Å². The van der Waals surface area contributed by atoms with Gasteiger partial charge in [-0.15, -0.1) is 0 Å². The molecule has 0 unspecified atom stereocenters. The van der Waals surface area contributed by atoms with Gasteiger partial charge in [0, 0.05) is 12.0 Å². The van der Waals surface area contributed by atoms with Gasteiger partial charge in [0.25, 0.3) is 0 Å². The summed E-state index contributed by atoms with van der Waals surface area (Å²) in [7, 11) is 0. The normalized spacial score (nSPS) is 10.2. The number of hydrogen-bond acceptors (Lipinski definition) is 1. The Morgan fingerprint density at radius 3 is 2.54 bits per heavy atom. The molecule has 70 valence electrons. The van der Waals surface area contributed by atoms with E-state index in [1.807, 2.05) is 0 Å². The van der Waals surface area contributed by atoms with Crippen molar-refractivity contribution >= 4 is 29.0 Å². The lowest BCUT2D eigenvalue weighted by atomic mass is 10.1. The molecule has 0 aliphatic heterocycles. The van der Waals surface area contributed by atoms with E-state index in [9.17, 15) is 9.18 Å². The molecular weight excluding hydrogens is 214 g/mol. The smallest absolute Gasteiger partial charge is 0.164 e. The number of Topliss-reactive ketones (excluding diaryl/α,β-unsaturated/α-hetero) is 1. The Morgan fingerprint density at radius 2 is 2.00 bits per heavy atom. The fourth-order valence-electron chi connectivity index (χ4n) is 0.927. The monoisotopic (exact) mass is 220 g/mol. The molecule has 0 atom stereocenters. The summed E-state index contributed by atoms with van der Waals surface area (Å²) in [6.45, 7) is 1.70. The maximum atomic E-state index is 12.8. The van der Waals surface area contributed by atoms with Gasteiger partial charge in [0.1, 0.15) is 5.82 Å². The second kappa shape index (κ2) is 4.07. The van der Waals surface area contributed by atoms with Gasteiger partial charge in [-0.25, -0.2) is 4.39 Å². The minimum absolute atomic E-state index is 0.0822. The predicted octanol–water partition coefficient (Wildman–Crippen LogP) is 3.73. The molecule has 13 heavy (non-hydrogen) atoms. The summed E-state index contributed by atoms with van der Waals surface area (Å²) in [4.78, 5) is 11.2. The largest absolute Gasteiger partial charge is 0.294 e. The highest BCUT2D eigenvalue weighted by Gasteiger charge is 2.11. The Labute approximate surface area is 85.5 Å². The zero-order chi connectivity index (χ0) is 10.0. The second-order valence-electron chi connectivity index (χ2n) is 2.52. The van der Waals surface area contributed by atoms with E-state index in [4.69, 9.17) is 23.2 Å². The third kappa shape index (κ3) is 2.20. The van der Waals surface area contributed by atoms with E-state index in [0.29, 0.717) is 6.42 Å². The highest BCUT2D eigenvalue weighted by atomic mass is 35.5. The van der Waals surface area contributed by atoms with Gasteiger partial charge in [0.15, 0.2) is 5.78 Å². The molecule has 0 amide bonds. The maximum Gasteiger partial charge on any atom is 0.164 e. The molecule has 0 saturated carbocycles. The Balaban J connectivity index is 3.23. The molecule has 0 saturated heterocycles. The van der Waals surface area contributed by atoms with Gasteiger partial charge in [-0.1, -0.05) is 30.1 Å². The van der Waals surface area contributed by atoms with Crippen molar-refractivity contribution in [3.8, 4) is 0 Å². The van der Waals surface area contributed by atoms with Gasteiger partial charge in [0.05, 0.1) is 10.0 Å². The number of ketones is 1. The fourth-order valence-corrected chi connectivity index (χ4v) is 1.35. The molecule has 1 aromatic rings. The van der Waals surface area contributed by atoms with Crippen LogP contribution in [0.5, 0.6) is 0 Å². The van der Waals surface area contributed by atoms with E-state index in [1.165, 1.54) is 6.07 Å². The van der Waals surface area contributed by atoms with Crippen molar-refractivity contribution < 1.29 is 9.18 Å². The Morgan fingerprint density at radius 1 is 1.38 bits per heavy atom. The van der Waals surface area contributed by atoms with Gasteiger partial charge in [-0.05, 0) is 12.1 Å². The molecule has 0 radical (unpaired) electrons. The molecule has 1 aromatic carbocycles. The lowest BCUT2D eigenvalue weighted by Gasteiger charge is -2.02. The number of carbonyl (C=O) groups excluding carboxylic acids is 1. The average Bonchev–Trinajstić information content (AvgIpc) is 2.10. The fraction of sp³-hybridized carbons (Fsp3) is 0.222. The zero-order valence-corrected chi connectivity index (χ0v) is 8.42. The van der Waals surface area contributed by atoms with E-state index in [1.54, 1.807) is 6.92 Å². The Hall–Kier alpha value is -0.600. The van der Waals surface area contributed by atoms with Crippen LogP contribution in [0.3, 0.4) is 0 Å². The molecule has 1 rings (SSSR count). The van der Waals surface area contributed by atoms with Crippen LogP contribution in [0.15, 0.2) is 12.1 Å². The lowest BCUT2D eigenvalue weighted by molar-refractivity contribution is 0.0988. The van der Waals surface area contributed by atoms with Gasteiger partial charge in [0.2, 0.25) is 0 Å². The maximum absolute atomic E-state index is 12.8. The topological polar surface area (TPSA) is 17.1 Å². The second-order valence-corrected chi connectivity index (χ2v) is 3.34. The molecular formula is C9H7Cl2FO. The SMILES string of the molecule is CCC(=O)c1cc(Cl)c(F)cc1Cl. The first-order valence-corrected chi connectivity index (χ1v) is 4.49. The highest BCUT2D eigenvalue weighted by Crippen LogP contribution is 2.24. The average molecular weight is 221 g/mol. The van der Waals surface area contributed by atoms with Crippen LogP contribution >= 0.6 is 23.2 Å². The van der Waals surface area contributed by atoms with Crippen molar-refractivity contribution in [2.75, 3.05) is 0 Å². The number of rotatable bonds is 2. The van der Waals surface area contributed by atoms with Crippen molar-refractivity contribution in [3.05, 3.63) is 33.6 Å².